The minimum Gasteiger partial charge on any atom is -1.00 e. The van der Waals surface area contributed by atoms with E-state index in [-0.39, 0.29) is 35.3 Å². The van der Waals surface area contributed by atoms with Gasteiger partial charge in [-0.15, -0.1) is 0 Å². The van der Waals surface area contributed by atoms with Crippen molar-refractivity contribution in [2.24, 2.45) is 11.5 Å². The normalized spacial score (nSPS) is 15.3. The van der Waals surface area contributed by atoms with Gasteiger partial charge in [0.1, 0.15) is 0 Å². The summed E-state index contributed by atoms with van der Waals surface area (Å²) in [6.07, 6.45) is -10.3. The fourth-order valence-electron chi connectivity index (χ4n) is 1.65. The van der Waals surface area contributed by atoms with Crippen LogP contribution < -0.4 is 35.4 Å². The summed E-state index contributed by atoms with van der Waals surface area (Å²) in [6.45, 7) is 0. The molecule has 194 valence electrons. The maximum absolute atomic E-state index is 13.4. The molecule has 0 heterocycles. The lowest BCUT2D eigenvalue weighted by Gasteiger charge is -2.42. The highest BCUT2D eigenvalue weighted by molar-refractivity contribution is 7.78. The number of halogens is 18. The van der Waals surface area contributed by atoms with Gasteiger partial charge in [-0.05, 0) is 0 Å². The summed E-state index contributed by atoms with van der Waals surface area (Å²) < 4.78 is 220. The third kappa shape index (κ3) is 4.98. The van der Waals surface area contributed by atoms with Crippen LogP contribution in [0.1, 0.15) is 6.42 Å². The monoisotopic (exact) mass is 650 g/mol. The van der Waals surface area contributed by atoms with Crippen LogP contribution in [0.25, 0.3) is 0 Å². The van der Waals surface area contributed by atoms with E-state index in [4.69, 9.17) is 0 Å². The Hall–Kier alpha value is -0.450. The van der Waals surface area contributed by atoms with E-state index in [0.717, 1.165) is 0 Å². The van der Waals surface area contributed by atoms with Crippen LogP contribution in [0.5, 0.6) is 0 Å². The van der Waals surface area contributed by atoms with E-state index >= 15 is 0 Å². The second kappa shape index (κ2) is 9.30. The Kier molecular flexibility index (Phi) is 9.80. The van der Waals surface area contributed by atoms with Crippen molar-refractivity contribution >= 4 is 16.5 Å². The largest absolute Gasteiger partial charge is 1.00 e. The van der Waals surface area contributed by atoms with E-state index in [9.17, 15) is 74.6 Å². The van der Waals surface area contributed by atoms with Crippen molar-refractivity contribution in [2.75, 3.05) is 5.75 Å². The molecule has 0 saturated carbocycles. The van der Waals surface area contributed by atoms with Gasteiger partial charge in [-0.1, -0.05) is 0 Å². The number of rotatable bonds is 9. The van der Waals surface area contributed by atoms with Crippen molar-refractivity contribution in [3.63, 3.8) is 0 Å². The standard InChI is InChI=1S/C11H8F17N2S.HI/c12-4(13,1-2-31-3(29)30)5(14,15)6(16,17)7(18,19)8(20,21)9(22,23)10(24,25)11(26,27)28;/h1-2,29-30H2;1H/q+1;/p-1. The van der Waals surface area contributed by atoms with E-state index in [2.05, 4.69) is 11.5 Å². The zero-order chi connectivity index (χ0) is 25.7. The molecule has 0 aliphatic rings. The van der Waals surface area contributed by atoms with Crippen molar-refractivity contribution in [3.8, 4) is 0 Å². The van der Waals surface area contributed by atoms with Gasteiger partial charge in [0.15, 0.2) is 5.75 Å². The van der Waals surface area contributed by atoms with Gasteiger partial charge in [-0.2, -0.15) is 74.6 Å². The molecule has 0 aromatic heterocycles. The first kappa shape index (κ1) is 33.7. The summed E-state index contributed by atoms with van der Waals surface area (Å²) in [6, 6.07) is 0. The summed E-state index contributed by atoms with van der Waals surface area (Å²) in [5.74, 6) is -57.7. The molecule has 0 spiro atoms. The molecule has 0 saturated heterocycles. The van der Waals surface area contributed by atoms with Crippen LogP contribution in [0.3, 0.4) is 0 Å². The molecule has 21 heteroatoms. The Bertz CT molecular complexity index is 682. The van der Waals surface area contributed by atoms with Gasteiger partial charge in [-0.25, -0.2) is 11.5 Å². The molecule has 0 aliphatic heterocycles. The number of nitrogens with two attached hydrogens (primary N) is 2. The molecule has 0 radical (unpaired) electrons. The first-order chi connectivity index (χ1) is 13.2. The molecule has 0 amide bonds. The number of alkyl halides is 17. The summed E-state index contributed by atoms with van der Waals surface area (Å²) in [7, 11) is 0. The average Bonchev–Trinajstić information content (AvgIpc) is 2.51. The zero-order valence-corrected chi connectivity index (χ0v) is 17.3. The van der Waals surface area contributed by atoms with Crippen LogP contribution in [0, 0.1) is 0 Å². The fraction of sp³-hybridized carbons (Fsp3) is 0.909. The third-order valence-corrected chi connectivity index (χ3v) is 4.21. The van der Waals surface area contributed by atoms with Crippen LogP contribution in [0.2, 0.25) is 0 Å². The van der Waals surface area contributed by atoms with Crippen LogP contribution in [0.4, 0.5) is 74.6 Å². The molecule has 0 aromatic rings. The van der Waals surface area contributed by atoms with Gasteiger partial charge in [0, 0.05) is 0 Å². The lowest BCUT2D eigenvalue weighted by molar-refractivity contribution is -0.461. The van der Waals surface area contributed by atoms with Crippen LogP contribution in [-0.2, 0) is 11.4 Å². The van der Waals surface area contributed by atoms with Crippen LogP contribution >= 0.6 is 0 Å². The first-order valence-electron chi connectivity index (χ1n) is 6.89. The molecule has 0 atom stereocenters. The Balaban J connectivity index is 0. The van der Waals surface area contributed by atoms with Gasteiger partial charge in [-0.3, -0.25) is 0 Å². The topological polar surface area (TPSA) is 52.0 Å². The zero-order valence-electron chi connectivity index (χ0n) is 14.3. The van der Waals surface area contributed by atoms with Crippen molar-refractivity contribution < 1.29 is 98.6 Å². The minimum absolute atomic E-state index is 0. The maximum Gasteiger partial charge on any atom is 0.460 e. The van der Waals surface area contributed by atoms with E-state index < -0.39 is 64.9 Å². The summed E-state index contributed by atoms with van der Waals surface area (Å²) in [5, 5.41) is -0.850. The highest BCUT2D eigenvalue weighted by atomic mass is 127. The van der Waals surface area contributed by atoms with E-state index in [1.165, 1.54) is 0 Å². The summed E-state index contributed by atoms with van der Waals surface area (Å²) in [4.78, 5) is 0. The van der Waals surface area contributed by atoms with Gasteiger partial charge in [0.2, 0.25) is 11.4 Å². The Labute approximate surface area is 186 Å². The summed E-state index contributed by atoms with van der Waals surface area (Å²) in [5.41, 5.74) is 9.36. The van der Waals surface area contributed by atoms with Crippen molar-refractivity contribution in [1.29, 1.82) is 0 Å². The van der Waals surface area contributed by atoms with E-state index in [1.807, 2.05) is 0 Å². The highest BCUT2D eigenvalue weighted by Crippen LogP contribution is 2.64. The van der Waals surface area contributed by atoms with Crippen LogP contribution in [-0.4, -0.2) is 58.5 Å². The van der Waals surface area contributed by atoms with Crippen molar-refractivity contribution in [3.05, 3.63) is 0 Å². The smallest absolute Gasteiger partial charge is 0.460 e. The van der Waals surface area contributed by atoms with E-state index in [0.29, 0.717) is 0 Å². The number of hydrogen-bond acceptors (Lipinski definition) is 0. The van der Waals surface area contributed by atoms with Gasteiger partial charge in [0.05, 0.1) is 6.42 Å². The molecule has 2 nitrogen and oxygen atoms in total. The third-order valence-electron chi connectivity index (χ3n) is 3.47. The van der Waals surface area contributed by atoms with Crippen molar-refractivity contribution in [2.45, 2.75) is 54.1 Å². The molecule has 0 fully saturated rings. The van der Waals surface area contributed by atoms with Crippen LogP contribution in [0.15, 0.2) is 0 Å². The fourth-order valence-corrected chi connectivity index (χ4v) is 2.24. The quantitative estimate of drug-likeness (QED) is 0.172. The molecule has 0 rings (SSSR count). The molecule has 0 unspecified atom stereocenters. The molecular formula is C11H8F17IN2S. The predicted molar refractivity (Wildman–Crippen MR) is 70.9 cm³/mol. The maximum atomic E-state index is 13.4. The lowest BCUT2D eigenvalue weighted by Crippen LogP contribution is -3.00. The van der Waals surface area contributed by atoms with Crippen molar-refractivity contribution in [1.82, 2.24) is 0 Å². The second-order valence-electron chi connectivity index (χ2n) is 5.65. The minimum atomic E-state index is -8.62. The average molecular weight is 650 g/mol. The Morgan fingerprint density at radius 1 is 0.500 bits per heavy atom. The second-order valence-corrected chi connectivity index (χ2v) is 6.82. The molecule has 32 heavy (non-hydrogen) atoms. The molecule has 0 bridgehead atoms. The number of hydrogen-bond donors (Lipinski definition) is 2. The lowest BCUT2D eigenvalue weighted by atomic mass is 9.88. The summed E-state index contributed by atoms with van der Waals surface area (Å²) >= 11 is -0.158. The highest BCUT2D eigenvalue weighted by Gasteiger charge is 2.95. The van der Waals surface area contributed by atoms with Gasteiger partial charge < -0.3 is 24.0 Å². The molecule has 0 aromatic carbocycles. The molecular weight excluding hydrogens is 642 g/mol. The Morgan fingerprint density at radius 2 is 0.781 bits per heavy atom. The predicted octanol–water partition coefficient (Wildman–Crippen LogP) is 1.48. The molecule has 0 aliphatic carbocycles. The van der Waals surface area contributed by atoms with E-state index in [1.54, 1.807) is 0 Å². The van der Waals surface area contributed by atoms with Gasteiger partial charge in [0.25, 0.3) is 0 Å². The first-order valence-corrected chi connectivity index (χ1v) is 7.87. The Morgan fingerprint density at radius 3 is 1.06 bits per heavy atom. The molecule has 4 N–H and O–H groups in total. The SMILES string of the molecule is NC(N)=[S+]CCC(F)(F)C(F)(F)C(F)(F)C(F)(F)C(F)(F)C(F)(F)C(F)(F)C(F)(F)F.[I-]. The van der Waals surface area contributed by atoms with Gasteiger partial charge >= 0.3 is 52.7 Å².